The third-order valence-corrected chi connectivity index (χ3v) is 15.0. The van der Waals surface area contributed by atoms with Crippen LogP contribution in [-0.2, 0) is 28.6 Å². The molecule has 0 aromatic rings. The molecule has 0 N–H and O–H groups in total. The minimum absolute atomic E-state index is 0.0795. The topological polar surface area (TPSA) is 78.9 Å². The number of esters is 3. The van der Waals surface area contributed by atoms with Crippen LogP contribution in [0, 0.1) is 0 Å². The lowest BCUT2D eigenvalue weighted by molar-refractivity contribution is -0.167. The van der Waals surface area contributed by atoms with Gasteiger partial charge >= 0.3 is 17.9 Å². The van der Waals surface area contributed by atoms with Crippen LogP contribution in [-0.4, -0.2) is 37.2 Å². The zero-order chi connectivity index (χ0) is 55.7. The Morgan fingerprint density at radius 1 is 0.273 bits per heavy atom. The standard InChI is InChI=1S/C71H128O6/c1-4-7-10-13-16-19-22-25-28-30-32-33-34-35-36-37-38-40-41-43-46-49-52-55-58-61-64-70(73)76-67-68(66-75-69(72)63-60-57-54-51-48-45-27-24-21-18-15-12-9-6-3)77-71(74)65-62-59-56-53-50-47-44-42-39-31-29-26-23-20-17-14-11-8-5-2/h8,11,17,20,24,26-27,29,39,42,68H,4-7,9-10,12-16,18-19,21-23,25,28,30-38,40-41,43-67H2,1-3H3/b11-8-,20-17-,27-24-,29-26-,42-39-. The number of unbranched alkanes of at least 4 members (excludes halogenated alkanes) is 41. The third-order valence-electron chi connectivity index (χ3n) is 15.0. The quantitative estimate of drug-likeness (QED) is 0.0261. The Balaban J connectivity index is 4.27. The highest BCUT2D eigenvalue weighted by molar-refractivity contribution is 5.71. The third kappa shape index (κ3) is 63.8. The zero-order valence-electron chi connectivity index (χ0n) is 51.5. The molecule has 0 bridgehead atoms. The number of rotatable bonds is 62. The summed E-state index contributed by atoms with van der Waals surface area (Å²) in [6, 6.07) is 0. The second kappa shape index (κ2) is 65.6. The first-order valence-corrected chi connectivity index (χ1v) is 33.8. The van der Waals surface area contributed by atoms with Crippen LogP contribution in [0.5, 0.6) is 0 Å². The van der Waals surface area contributed by atoms with Gasteiger partial charge in [-0.25, -0.2) is 0 Å². The van der Waals surface area contributed by atoms with Gasteiger partial charge in [0.25, 0.3) is 0 Å². The van der Waals surface area contributed by atoms with Gasteiger partial charge in [0.15, 0.2) is 6.10 Å². The van der Waals surface area contributed by atoms with Crippen molar-refractivity contribution < 1.29 is 28.6 Å². The Kier molecular flexibility index (Phi) is 63.2. The van der Waals surface area contributed by atoms with Gasteiger partial charge in [-0.3, -0.25) is 14.4 Å². The molecule has 6 nitrogen and oxygen atoms in total. The molecule has 0 spiro atoms. The minimum Gasteiger partial charge on any atom is -0.462 e. The minimum atomic E-state index is -0.785. The SMILES string of the molecule is CC/C=C\C/C=C\C/C=C\C/C=C\CCCCCCCCC(=O)OC(COC(=O)CCCCCCC/C=C\CCCCCCC)COC(=O)CCCCCCCCCCCCCCCCCCCCCCCCCCCC. The molecular formula is C71H128O6. The molecule has 1 atom stereocenters. The van der Waals surface area contributed by atoms with E-state index in [-0.39, 0.29) is 31.1 Å². The lowest BCUT2D eigenvalue weighted by Gasteiger charge is -2.18. The van der Waals surface area contributed by atoms with Gasteiger partial charge in [0.1, 0.15) is 13.2 Å². The normalized spacial score (nSPS) is 12.4. The first-order chi connectivity index (χ1) is 38.0. The molecule has 0 fully saturated rings. The Labute approximate surface area is 479 Å². The predicted molar refractivity (Wildman–Crippen MR) is 335 cm³/mol. The molecule has 0 heterocycles. The van der Waals surface area contributed by atoms with E-state index in [1.54, 1.807) is 0 Å². The van der Waals surface area contributed by atoms with E-state index in [0.717, 1.165) is 103 Å². The Morgan fingerprint density at radius 2 is 0.506 bits per heavy atom. The van der Waals surface area contributed by atoms with E-state index < -0.39 is 6.10 Å². The molecule has 0 aliphatic rings. The van der Waals surface area contributed by atoms with E-state index in [1.165, 1.54) is 212 Å². The highest BCUT2D eigenvalue weighted by Crippen LogP contribution is 2.18. The van der Waals surface area contributed by atoms with Crippen LogP contribution < -0.4 is 0 Å². The predicted octanol–water partition coefficient (Wildman–Crippen LogP) is 23.1. The molecular weight excluding hydrogens is 949 g/mol. The van der Waals surface area contributed by atoms with Crippen LogP contribution in [0.15, 0.2) is 60.8 Å². The number of carbonyl (C=O) groups is 3. The van der Waals surface area contributed by atoms with Crippen molar-refractivity contribution in [3.8, 4) is 0 Å². The van der Waals surface area contributed by atoms with E-state index in [0.29, 0.717) is 19.3 Å². The number of hydrogen-bond acceptors (Lipinski definition) is 6. The van der Waals surface area contributed by atoms with Crippen molar-refractivity contribution in [1.82, 2.24) is 0 Å². The van der Waals surface area contributed by atoms with Gasteiger partial charge in [-0.2, -0.15) is 0 Å². The number of carbonyl (C=O) groups excluding carboxylic acids is 3. The van der Waals surface area contributed by atoms with Gasteiger partial charge in [-0.1, -0.05) is 313 Å². The van der Waals surface area contributed by atoms with Crippen molar-refractivity contribution in [2.75, 3.05) is 13.2 Å². The average Bonchev–Trinajstić information content (AvgIpc) is 3.43. The monoisotopic (exact) mass is 1080 g/mol. The summed E-state index contributed by atoms with van der Waals surface area (Å²) in [4.78, 5) is 38.4. The lowest BCUT2D eigenvalue weighted by Crippen LogP contribution is -2.30. The van der Waals surface area contributed by atoms with Crippen molar-refractivity contribution in [1.29, 1.82) is 0 Å². The van der Waals surface area contributed by atoms with Crippen molar-refractivity contribution >= 4 is 17.9 Å². The largest absolute Gasteiger partial charge is 0.462 e. The fourth-order valence-electron chi connectivity index (χ4n) is 9.96. The smallest absolute Gasteiger partial charge is 0.306 e. The average molecular weight is 1080 g/mol. The highest BCUT2D eigenvalue weighted by Gasteiger charge is 2.19. The van der Waals surface area contributed by atoms with Crippen LogP contribution in [0.1, 0.15) is 355 Å². The summed E-state index contributed by atoms with van der Waals surface area (Å²) in [6.45, 7) is 6.55. The van der Waals surface area contributed by atoms with Crippen LogP contribution in [0.2, 0.25) is 0 Å². The molecule has 0 radical (unpaired) electrons. The molecule has 6 heteroatoms. The fourth-order valence-corrected chi connectivity index (χ4v) is 9.96. The summed E-state index contributed by atoms with van der Waals surface area (Å²) in [7, 11) is 0. The highest BCUT2D eigenvalue weighted by atomic mass is 16.6. The van der Waals surface area contributed by atoms with Crippen LogP contribution in [0.4, 0.5) is 0 Å². The second-order valence-electron chi connectivity index (χ2n) is 22.7. The lowest BCUT2D eigenvalue weighted by atomic mass is 10.0. The van der Waals surface area contributed by atoms with Crippen molar-refractivity contribution in [3.63, 3.8) is 0 Å². The fraction of sp³-hybridized carbons (Fsp3) is 0.817. The summed E-state index contributed by atoms with van der Waals surface area (Å²) >= 11 is 0. The number of allylic oxidation sites excluding steroid dienone is 10. The van der Waals surface area contributed by atoms with E-state index in [9.17, 15) is 14.4 Å². The zero-order valence-corrected chi connectivity index (χ0v) is 51.5. The molecule has 0 aliphatic heterocycles. The van der Waals surface area contributed by atoms with Crippen molar-refractivity contribution in [3.05, 3.63) is 60.8 Å². The summed E-state index contributed by atoms with van der Waals surface area (Å²) in [6.07, 6.45) is 83.9. The summed E-state index contributed by atoms with van der Waals surface area (Å²) in [5.74, 6) is -0.882. The molecule has 77 heavy (non-hydrogen) atoms. The van der Waals surface area contributed by atoms with Gasteiger partial charge in [-0.05, 0) is 83.5 Å². The molecule has 0 amide bonds. The van der Waals surface area contributed by atoms with Crippen LogP contribution >= 0.6 is 0 Å². The van der Waals surface area contributed by atoms with Gasteiger partial charge in [0.05, 0.1) is 0 Å². The van der Waals surface area contributed by atoms with E-state index in [4.69, 9.17) is 14.2 Å². The van der Waals surface area contributed by atoms with Crippen molar-refractivity contribution in [2.24, 2.45) is 0 Å². The molecule has 0 aliphatic carbocycles. The van der Waals surface area contributed by atoms with Gasteiger partial charge in [0, 0.05) is 19.3 Å². The summed E-state index contributed by atoms with van der Waals surface area (Å²) in [5, 5.41) is 0. The molecule has 0 aromatic heterocycles. The summed E-state index contributed by atoms with van der Waals surface area (Å²) in [5.41, 5.74) is 0. The summed E-state index contributed by atoms with van der Waals surface area (Å²) < 4.78 is 16.9. The van der Waals surface area contributed by atoms with Gasteiger partial charge < -0.3 is 14.2 Å². The van der Waals surface area contributed by atoms with Crippen LogP contribution in [0.25, 0.3) is 0 Å². The first-order valence-electron chi connectivity index (χ1n) is 33.8. The van der Waals surface area contributed by atoms with Gasteiger partial charge in [0.2, 0.25) is 0 Å². The molecule has 0 rings (SSSR count). The molecule has 0 saturated carbocycles. The molecule has 1 unspecified atom stereocenters. The van der Waals surface area contributed by atoms with Gasteiger partial charge in [-0.15, -0.1) is 0 Å². The maximum absolute atomic E-state index is 12.9. The van der Waals surface area contributed by atoms with Crippen LogP contribution in [0.3, 0.4) is 0 Å². The van der Waals surface area contributed by atoms with E-state index in [2.05, 4.69) is 81.5 Å². The maximum atomic E-state index is 12.9. The second-order valence-corrected chi connectivity index (χ2v) is 22.7. The maximum Gasteiger partial charge on any atom is 0.306 e. The Hall–Kier alpha value is -2.89. The molecule has 0 saturated heterocycles. The number of hydrogen-bond donors (Lipinski definition) is 0. The van der Waals surface area contributed by atoms with E-state index >= 15 is 0 Å². The Morgan fingerprint density at radius 3 is 0.805 bits per heavy atom. The molecule has 448 valence electrons. The Bertz CT molecular complexity index is 1380. The first kappa shape index (κ1) is 74.1. The van der Waals surface area contributed by atoms with Crippen molar-refractivity contribution in [2.45, 2.75) is 361 Å². The van der Waals surface area contributed by atoms with E-state index in [1.807, 2.05) is 0 Å². The number of ether oxygens (including phenoxy) is 3. The molecule has 0 aromatic carbocycles.